The third-order valence-electron chi connectivity index (χ3n) is 6.26. The SMILES string of the molecule is CCc1nc2c(C)cc(C)nc2n1Cc1ccc(-c2c(C)noc2S(=O)(=O)O)cc1.Cc1onc(N)c1C. The average molecular weight is 539 g/mol. The fourth-order valence-electron chi connectivity index (χ4n) is 4.13. The van der Waals surface area contributed by atoms with Crippen molar-refractivity contribution < 1.29 is 22.0 Å². The van der Waals surface area contributed by atoms with Crippen molar-refractivity contribution in [1.29, 1.82) is 0 Å². The number of nitrogen functional groups attached to an aromatic ring is 1. The van der Waals surface area contributed by atoms with Gasteiger partial charge < -0.3 is 19.3 Å². The van der Waals surface area contributed by atoms with Gasteiger partial charge in [0, 0.05) is 17.7 Å². The lowest BCUT2D eigenvalue weighted by Crippen LogP contribution is -2.05. The van der Waals surface area contributed by atoms with Gasteiger partial charge in [0.2, 0.25) is 0 Å². The maximum absolute atomic E-state index is 11.6. The van der Waals surface area contributed by atoms with Gasteiger partial charge in [-0.15, -0.1) is 0 Å². The predicted molar refractivity (Wildman–Crippen MR) is 142 cm³/mol. The molecule has 0 spiro atoms. The molecule has 4 aromatic heterocycles. The zero-order valence-corrected chi connectivity index (χ0v) is 22.9. The Bertz CT molecular complexity index is 1700. The molecule has 0 radical (unpaired) electrons. The van der Waals surface area contributed by atoms with Crippen molar-refractivity contribution >= 4 is 27.1 Å². The summed E-state index contributed by atoms with van der Waals surface area (Å²) >= 11 is 0. The predicted octanol–water partition coefficient (Wildman–Crippen LogP) is 4.74. The summed E-state index contributed by atoms with van der Waals surface area (Å²) in [4.78, 5) is 9.46. The summed E-state index contributed by atoms with van der Waals surface area (Å²) in [6, 6.07) is 9.42. The number of pyridine rings is 1. The number of nitrogens with zero attached hydrogens (tertiary/aromatic N) is 5. The van der Waals surface area contributed by atoms with Crippen LogP contribution in [0.5, 0.6) is 0 Å². The average Bonchev–Trinajstić information content (AvgIpc) is 3.51. The first-order valence-corrected chi connectivity index (χ1v) is 13.4. The van der Waals surface area contributed by atoms with Crippen LogP contribution in [0.2, 0.25) is 0 Å². The number of nitrogens with two attached hydrogens (primary N) is 1. The molecule has 4 heterocycles. The molecule has 3 N–H and O–H groups in total. The van der Waals surface area contributed by atoms with Crippen molar-refractivity contribution in [2.75, 3.05) is 5.73 Å². The topological polar surface area (TPSA) is 163 Å². The summed E-state index contributed by atoms with van der Waals surface area (Å²) in [6.45, 7) is 12.0. The molecular weight excluding hydrogens is 508 g/mol. The normalized spacial score (nSPS) is 11.6. The monoisotopic (exact) mass is 538 g/mol. The number of imidazole rings is 1. The molecule has 38 heavy (non-hydrogen) atoms. The smallest absolute Gasteiger partial charge is 0.331 e. The Morgan fingerprint density at radius 1 is 1.00 bits per heavy atom. The minimum atomic E-state index is -4.50. The fraction of sp³-hybridized carbons (Fsp3) is 0.308. The van der Waals surface area contributed by atoms with Crippen LogP contribution < -0.4 is 5.73 Å². The van der Waals surface area contributed by atoms with Gasteiger partial charge in [0.1, 0.15) is 17.1 Å². The van der Waals surface area contributed by atoms with E-state index in [4.69, 9.17) is 24.7 Å². The second-order valence-corrected chi connectivity index (χ2v) is 10.4. The molecule has 12 heteroatoms. The molecule has 0 saturated carbocycles. The number of rotatable bonds is 5. The van der Waals surface area contributed by atoms with Gasteiger partial charge in [-0.2, -0.15) is 8.42 Å². The quantitative estimate of drug-likeness (QED) is 0.299. The molecule has 0 bridgehead atoms. The van der Waals surface area contributed by atoms with Crippen molar-refractivity contribution in [1.82, 2.24) is 24.8 Å². The van der Waals surface area contributed by atoms with E-state index in [0.29, 0.717) is 23.6 Å². The highest BCUT2D eigenvalue weighted by Gasteiger charge is 2.25. The van der Waals surface area contributed by atoms with Crippen LogP contribution in [0, 0.1) is 34.6 Å². The van der Waals surface area contributed by atoms with Gasteiger partial charge in [-0.05, 0) is 57.4 Å². The third-order valence-corrected chi connectivity index (χ3v) is 7.01. The van der Waals surface area contributed by atoms with Gasteiger partial charge in [0.05, 0.1) is 17.8 Å². The van der Waals surface area contributed by atoms with E-state index in [1.165, 1.54) is 0 Å². The molecule has 11 nitrogen and oxygen atoms in total. The zero-order chi connectivity index (χ0) is 27.8. The summed E-state index contributed by atoms with van der Waals surface area (Å²) in [5.41, 5.74) is 12.3. The van der Waals surface area contributed by atoms with Crippen LogP contribution in [0.25, 0.3) is 22.3 Å². The number of fused-ring (bicyclic) bond motifs is 1. The molecule has 1 aromatic carbocycles. The van der Waals surface area contributed by atoms with Crippen molar-refractivity contribution in [2.24, 2.45) is 0 Å². The Morgan fingerprint density at radius 3 is 2.21 bits per heavy atom. The molecule has 5 aromatic rings. The van der Waals surface area contributed by atoms with Crippen molar-refractivity contribution in [2.45, 2.75) is 59.6 Å². The van der Waals surface area contributed by atoms with Crippen molar-refractivity contribution in [3.63, 3.8) is 0 Å². The summed E-state index contributed by atoms with van der Waals surface area (Å²) in [5, 5.41) is 6.65. The molecular formula is C26H30N6O5S. The van der Waals surface area contributed by atoms with Crippen LogP contribution in [0.3, 0.4) is 0 Å². The summed E-state index contributed by atoms with van der Waals surface area (Å²) in [7, 11) is -4.50. The number of aromatic nitrogens is 5. The lowest BCUT2D eigenvalue weighted by atomic mass is 10.0. The maximum Gasteiger partial charge on any atom is 0.331 e. The Kier molecular flexibility index (Phi) is 7.38. The van der Waals surface area contributed by atoms with Gasteiger partial charge >= 0.3 is 10.1 Å². The van der Waals surface area contributed by atoms with Gasteiger partial charge in [0.25, 0.3) is 5.09 Å². The van der Waals surface area contributed by atoms with Gasteiger partial charge in [-0.1, -0.05) is 41.5 Å². The molecule has 0 amide bonds. The summed E-state index contributed by atoms with van der Waals surface area (Å²) < 4.78 is 44.2. The number of hydrogen-bond acceptors (Lipinski definition) is 9. The lowest BCUT2D eigenvalue weighted by Gasteiger charge is -2.09. The largest absolute Gasteiger partial charge is 0.381 e. The molecule has 0 aliphatic heterocycles. The van der Waals surface area contributed by atoms with Crippen LogP contribution in [0.1, 0.15) is 46.6 Å². The van der Waals surface area contributed by atoms with Crippen molar-refractivity contribution in [3.05, 3.63) is 70.0 Å². The van der Waals surface area contributed by atoms with Crippen LogP contribution in [0.15, 0.2) is 44.5 Å². The first-order valence-electron chi connectivity index (χ1n) is 12.0. The van der Waals surface area contributed by atoms with E-state index in [1.807, 2.05) is 45.9 Å². The summed E-state index contributed by atoms with van der Waals surface area (Å²) in [5.74, 6) is 2.24. The van der Waals surface area contributed by atoms with E-state index < -0.39 is 15.2 Å². The Balaban J connectivity index is 0.000000360. The van der Waals surface area contributed by atoms with Crippen LogP contribution >= 0.6 is 0 Å². The molecule has 0 aliphatic carbocycles. The number of hydrogen-bond donors (Lipinski definition) is 2. The van der Waals surface area contributed by atoms with Crippen LogP contribution in [-0.4, -0.2) is 37.8 Å². The molecule has 0 unspecified atom stereocenters. The Morgan fingerprint density at radius 2 is 1.68 bits per heavy atom. The number of aryl methyl sites for hydroxylation is 5. The maximum atomic E-state index is 11.6. The standard InChI is InChI=1S/C21H22N4O4S.C5H8N2O/c1-5-17-23-19-12(2)10-13(3)22-20(19)25(17)11-15-6-8-16(9-7-15)18-14(4)24-29-21(18)30(26,27)28;1-3-4(2)8-7-5(3)6/h6-10H,5,11H2,1-4H3,(H,26,27,28);1-2H3,(H2,6,7). The van der Waals surface area contributed by atoms with E-state index in [1.54, 1.807) is 19.1 Å². The fourth-order valence-corrected chi connectivity index (χ4v) is 4.79. The van der Waals surface area contributed by atoms with Gasteiger partial charge in [0.15, 0.2) is 11.5 Å². The number of anilines is 1. The molecule has 0 saturated heterocycles. The molecule has 0 atom stereocenters. The van der Waals surface area contributed by atoms with E-state index >= 15 is 0 Å². The highest BCUT2D eigenvalue weighted by atomic mass is 32.2. The van der Waals surface area contributed by atoms with E-state index in [-0.39, 0.29) is 5.56 Å². The van der Waals surface area contributed by atoms with Gasteiger partial charge in [-0.3, -0.25) is 4.55 Å². The molecule has 5 rings (SSSR count). The second-order valence-electron chi connectivity index (χ2n) is 9.07. The van der Waals surface area contributed by atoms with Crippen molar-refractivity contribution in [3.8, 4) is 11.1 Å². The minimum Gasteiger partial charge on any atom is -0.381 e. The van der Waals surface area contributed by atoms with E-state index in [0.717, 1.165) is 51.6 Å². The van der Waals surface area contributed by atoms with Crippen LogP contribution in [-0.2, 0) is 23.1 Å². The molecule has 200 valence electrons. The molecule has 0 fully saturated rings. The summed E-state index contributed by atoms with van der Waals surface area (Å²) in [6.07, 6.45) is 0.782. The first-order chi connectivity index (χ1) is 17.9. The zero-order valence-electron chi connectivity index (χ0n) is 22.1. The minimum absolute atomic E-state index is 0.263. The van der Waals surface area contributed by atoms with E-state index in [9.17, 15) is 13.0 Å². The highest BCUT2D eigenvalue weighted by molar-refractivity contribution is 7.85. The second kappa shape index (κ2) is 10.4. The lowest BCUT2D eigenvalue weighted by molar-refractivity contribution is 0.323. The Hall–Kier alpha value is -4.03. The number of benzene rings is 1. The van der Waals surface area contributed by atoms with Gasteiger partial charge in [-0.25, -0.2) is 9.97 Å². The Labute approximate surface area is 220 Å². The van der Waals surface area contributed by atoms with Crippen LogP contribution in [0.4, 0.5) is 5.82 Å². The third kappa shape index (κ3) is 5.31. The van der Waals surface area contributed by atoms with E-state index in [2.05, 4.69) is 21.8 Å². The first kappa shape index (κ1) is 27.0. The highest BCUT2D eigenvalue weighted by Crippen LogP contribution is 2.31. The molecule has 0 aliphatic rings.